The molecule has 5 nitrogen and oxygen atoms in total. The molecule has 0 aliphatic rings. The largest absolute Gasteiger partial charge is 0.385 e. The lowest BCUT2D eigenvalue weighted by atomic mass is 10.3. The summed E-state index contributed by atoms with van der Waals surface area (Å²) in [7, 11) is 0. The number of ether oxygens (including phenoxy) is 1. The van der Waals surface area contributed by atoms with Crippen molar-refractivity contribution in [3.05, 3.63) is 24.0 Å². The Morgan fingerprint density at radius 1 is 1.50 bits per heavy atom. The van der Waals surface area contributed by atoms with Gasteiger partial charge < -0.3 is 15.4 Å². The molecule has 0 fully saturated rings. The van der Waals surface area contributed by atoms with Crippen LogP contribution in [0.25, 0.3) is 0 Å². The van der Waals surface area contributed by atoms with Crippen molar-refractivity contribution in [1.29, 1.82) is 0 Å². The first kappa shape index (κ1) is 14.4. The molecule has 18 heavy (non-hydrogen) atoms. The van der Waals surface area contributed by atoms with Crippen LogP contribution >= 0.6 is 0 Å². The van der Waals surface area contributed by atoms with E-state index in [1.165, 1.54) is 0 Å². The molecule has 2 N–H and O–H groups in total. The van der Waals surface area contributed by atoms with Gasteiger partial charge in [-0.1, -0.05) is 0 Å². The number of hydrogen-bond acceptors (Lipinski definition) is 4. The Labute approximate surface area is 108 Å². The number of aromatic nitrogens is 1. The molecule has 1 heterocycles. The summed E-state index contributed by atoms with van der Waals surface area (Å²) < 4.78 is 5.34. The summed E-state index contributed by atoms with van der Waals surface area (Å²) >= 11 is 0. The summed E-state index contributed by atoms with van der Waals surface area (Å²) in [5.74, 6) is -0.179. The molecule has 1 amide bonds. The van der Waals surface area contributed by atoms with Gasteiger partial charge in [0.25, 0.3) is 5.91 Å². The number of anilines is 1. The predicted octanol–water partition coefficient (Wildman–Crippen LogP) is 1.67. The third-order valence-corrected chi connectivity index (χ3v) is 2.21. The summed E-state index contributed by atoms with van der Waals surface area (Å²) in [4.78, 5) is 15.8. The van der Waals surface area contributed by atoms with Crippen molar-refractivity contribution in [2.75, 3.05) is 25.0 Å². The van der Waals surface area contributed by atoms with Crippen molar-refractivity contribution in [3.8, 4) is 0 Å². The summed E-state index contributed by atoms with van der Waals surface area (Å²) in [5, 5.41) is 5.91. The van der Waals surface area contributed by atoms with Gasteiger partial charge in [0, 0.05) is 25.0 Å². The molecule has 0 aliphatic carbocycles. The van der Waals surface area contributed by atoms with Crippen molar-refractivity contribution < 1.29 is 9.53 Å². The Bertz CT molecular complexity index is 380. The fourth-order valence-corrected chi connectivity index (χ4v) is 1.42. The molecule has 0 unspecified atom stereocenters. The van der Waals surface area contributed by atoms with Crippen LogP contribution < -0.4 is 10.6 Å². The van der Waals surface area contributed by atoms with Gasteiger partial charge >= 0.3 is 0 Å². The van der Waals surface area contributed by atoms with Crippen LogP contribution in [0.4, 0.5) is 5.69 Å². The Morgan fingerprint density at radius 3 is 2.94 bits per heavy atom. The Balaban J connectivity index is 2.43. The SMILES string of the molecule is CCNc1ccnc(C(=O)NCCOC(C)C)c1. The zero-order valence-electron chi connectivity index (χ0n) is 11.2. The molecule has 100 valence electrons. The Hall–Kier alpha value is -1.62. The van der Waals surface area contributed by atoms with Crippen LogP contribution in [0.2, 0.25) is 0 Å². The normalized spacial score (nSPS) is 10.4. The van der Waals surface area contributed by atoms with Crippen LogP contribution in [0, 0.1) is 0 Å². The number of hydrogen-bond donors (Lipinski definition) is 2. The smallest absolute Gasteiger partial charge is 0.270 e. The van der Waals surface area contributed by atoms with Crippen LogP contribution in [0.5, 0.6) is 0 Å². The van der Waals surface area contributed by atoms with Gasteiger partial charge in [-0.05, 0) is 32.9 Å². The zero-order chi connectivity index (χ0) is 13.4. The van der Waals surface area contributed by atoms with E-state index in [1.54, 1.807) is 12.3 Å². The number of pyridine rings is 1. The average Bonchev–Trinajstić information content (AvgIpc) is 2.35. The molecule has 0 bridgehead atoms. The summed E-state index contributed by atoms with van der Waals surface area (Å²) in [6.45, 7) is 7.74. The van der Waals surface area contributed by atoms with E-state index in [9.17, 15) is 4.79 Å². The number of carbonyl (C=O) groups excluding carboxylic acids is 1. The molecule has 0 spiro atoms. The fraction of sp³-hybridized carbons (Fsp3) is 0.538. The molecule has 1 aromatic heterocycles. The lowest BCUT2D eigenvalue weighted by Crippen LogP contribution is -2.28. The van der Waals surface area contributed by atoms with Crippen LogP contribution in [-0.4, -0.2) is 36.7 Å². The second-order valence-electron chi connectivity index (χ2n) is 4.14. The highest BCUT2D eigenvalue weighted by molar-refractivity contribution is 5.93. The van der Waals surface area contributed by atoms with Gasteiger partial charge in [0.15, 0.2) is 0 Å². The quantitative estimate of drug-likeness (QED) is 0.724. The maximum Gasteiger partial charge on any atom is 0.270 e. The molecule has 0 aromatic carbocycles. The summed E-state index contributed by atoms with van der Waals surface area (Å²) in [5.41, 5.74) is 1.31. The second kappa shape index (κ2) is 7.66. The van der Waals surface area contributed by atoms with Crippen LogP contribution in [0.3, 0.4) is 0 Å². The van der Waals surface area contributed by atoms with Crippen molar-refractivity contribution >= 4 is 11.6 Å². The Morgan fingerprint density at radius 2 is 2.28 bits per heavy atom. The standard InChI is InChI=1S/C13H21N3O2/c1-4-14-11-5-6-15-12(9-11)13(17)16-7-8-18-10(2)3/h5-6,9-10H,4,7-8H2,1-3H3,(H,14,15)(H,16,17). The van der Waals surface area contributed by atoms with Crippen molar-refractivity contribution in [3.63, 3.8) is 0 Å². The van der Waals surface area contributed by atoms with E-state index in [1.807, 2.05) is 26.8 Å². The lowest BCUT2D eigenvalue weighted by Gasteiger charge is -2.09. The number of nitrogens with one attached hydrogen (secondary N) is 2. The minimum atomic E-state index is -0.179. The molecule has 5 heteroatoms. The van der Waals surface area contributed by atoms with Crippen molar-refractivity contribution in [2.24, 2.45) is 0 Å². The van der Waals surface area contributed by atoms with Gasteiger partial charge in [-0.3, -0.25) is 9.78 Å². The van der Waals surface area contributed by atoms with Crippen LogP contribution in [0.15, 0.2) is 18.3 Å². The van der Waals surface area contributed by atoms with Gasteiger partial charge in [0.05, 0.1) is 12.7 Å². The number of amides is 1. The molecule has 0 saturated carbocycles. The minimum Gasteiger partial charge on any atom is -0.385 e. The highest BCUT2D eigenvalue weighted by Gasteiger charge is 2.07. The average molecular weight is 251 g/mol. The molecule has 1 aromatic rings. The lowest BCUT2D eigenvalue weighted by molar-refractivity contribution is 0.0745. The van der Waals surface area contributed by atoms with Gasteiger partial charge in [0.1, 0.15) is 5.69 Å². The third kappa shape index (κ3) is 5.14. The van der Waals surface area contributed by atoms with Crippen LogP contribution in [-0.2, 0) is 4.74 Å². The van der Waals surface area contributed by atoms with Gasteiger partial charge in [-0.2, -0.15) is 0 Å². The minimum absolute atomic E-state index is 0.178. The van der Waals surface area contributed by atoms with Gasteiger partial charge in [-0.15, -0.1) is 0 Å². The first-order chi connectivity index (χ1) is 8.63. The number of carbonyl (C=O) groups is 1. The van der Waals surface area contributed by atoms with E-state index in [0.29, 0.717) is 18.8 Å². The number of rotatable bonds is 7. The molecule has 1 rings (SSSR count). The molecular weight excluding hydrogens is 230 g/mol. The number of nitrogens with zero attached hydrogens (tertiary/aromatic N) is 1. The van der Waals surface area contributed by atoms with Crippen molar-refractivity contribution in [2.45, 2.75) is 26.9 Å². The topological polar surface area (TPSA) is 63.2 Å². The maximum atomic E-state index is 11.8. The highest BCUT2D eigenvalue weighted by atomic mass is 16.5. The first-order valence-electron chi connectivity index (χ1n) is 6.23. The first-order valence-corrected chi connectivity index (χ1v) is 6.23. The Kier molecular flexibility index (Phi) is 6.14. The van der Waals surface area contributed by atoms with E-state index in [2.05, 4.69) is 15.6 Å². The predicted molar refractivity (Wildman–Crippen MR) is 71.8 cm³/mol. The summed E-state index contributed by atoms with van der Waals surface area (Å²) in [6, 6.07) is 3.57. The van der Waals surface area contributed by atoms with Crippen molar-refractivity contribution in [1.82, 2.24) is 10.3 Å². The van der Waals surface area contributed by atoms with Gasteiger partial charge in [0.2, 0.25) is 0 Å². The van der Waals surface area contributed by atoms with E-state index in [-0.39, 0.29) is 12.0 Å². The zero-order valence-corrected chi connectivity index (χ0v) is 11.2. The molecule has 0 saturated heterocycles. The van der Waals surface area contributed by atoms with Crippen LogP contribution in [0.1, 0.15) is 31.3 Å². The monoisotopic (exact) mass is 251 g/mol. The van der Waals surface area contributed by atoms with E-state index in [0.717, 1.165) is 12.2 Å². The van der Waals surface area contributed by atoms with E-state index < -0.39 is 0 Å². The van der Waals surface area contributed by atoms with E-state index >= 15 is 0 Å². The molecule has 0 atom stereocenters. The summed E-state index contributed by atoms with van der Waals surface area (Å²) in [6.07, 6.45) is 1.80. The highest BCUT2D eigenvalue weighted by Crippen LogP contribution is 2.07. The fourth-order valence-electron chi connectivity index (χ4n) is 1.42. The second-order valence-corrected chi connectivity index (χ2v) is 4.14. The molecular formula is C13H21N3O2. The third-order valence-electron chi connectivity index (χ3n) is 2.21. The maximum absolute atomic E-state index is 11.8. The molecule has 0 radical (unpaired) electrons. The molecule has 0 aliphatic heterocycles. The van der Waals surface area contributed by atoms with E-state index in [4.69, 9.17) is 4.74 Å². The van der Waals surface area contributed by atoms with Gasteiger partial charge in [-0.25, -0.2) is 0 Å².